The Morgan fingerprint density at radius 2 is 2.17 bits per heavy atom. The molecule has 1 aliphatic carbocycles. The third-order valence-electron chi connectivity index (χ3n) is 2.39. The molecule has 2 aliphatic rings. The maximum Gasteiger partial charge on any atom is 0.251 e. The lowest BCUT2D eigenvalue weighted by Crippen LogP contribution is -2.44. The monoisotopic (exact) mass is 171 g/mol. The van der Waals surface area contributed by atoms with Gasteiger partial charge in [-0.25, -0.2) is 5.48 Å². The minimum atomic E-state index is -0.0341. The van der Waals surface area contributed by atoms with Crippen molar-refractivity contribution in [3.8, 4) is 0 Å². The SMILES string of the molecule is O=C(NOC1CCC1)C1COC1. The molecule has 0 aromatic heterocycles. The lowest BCUT2D eigenvalue weighted by Gasteiger charge is -2.28. The fraction of sp³-hybridized carbons (Fsp3) is 0.875. The van der Waals surface area contributed by atoms with Crippen molar-refractivity contribution in [2.75, 3.05) is 13.2 Å². The number of hydrogen-bond acceptors (Lipinski definition) is 3. The molecule has 0 aromatic carbocycles. The van der Waals surface area contributed by atoms with Gasteiger partial charge in [0.05, 0.1) is 25.2 Å². The number of rotatable bonds is 3. The molecule has 1 N–H and O–H groups in total. The zero-order valence-electron chi connectivity index (χ0n) is 6.91. The van der Waals surface area contributed by atoms with Crippen molar-refractivity contribution in [3.05, 3.63) is 0 Å². The summed E-state index contributed by atoms with van der Waals surface area (Å²) in [6.07, 6.45) is 3.62. The van der Waals surface area contributed by atoms with Gasteiger partial charge in [-0.3, -0.25) is 9.63 Å². The molecule has 1 saturated carbocycles. The molecular weight excluding hydrogens is 158 g/mol. The zero-order valence-corrected chi connectivity index (χ0v) is 6.91. The Balaban J connectivity index is 1.61. The Bertz CT molecular complexity index is 175. The summed E-state index contributed by atoms with van der Waals surface area (Å²) in [4.78, 5) is 16.3. The first-order valence-corrected chi connectivity index (χ1v) is 4.39. The molecule has 0 bridgehead atoms. The Kier molecular flexibility index (Phi) is 2.28. The van der Waals surface area contributed by atoms with E-state index in [-0.39, 0.29) is 17.9 Å². The first-order valence-electron chi connectivity index (χ1n) is 4.39. The van der Waals surface area contributed by atoms with Crippen LogP contribution in [-0.4, -0.2) is 25.2 Å². The summed E-state index contributed by atoms with van der Waals surface area (Å²) in [7, 11) is 0. The van der Waals surface area contributed by atoms with Gasteiger partial charge in [-0.15, -0.1) is 0 Å². The van der Waals surface area contributed by atoms with Gasteiger partial charge in [-0.1, -0.05) is 0 Å². The summed E-state index contributed by atoms with van der Waals surface area (Å²) in [5, 5.41) is 0. The maximum atomic E-state index is 11.2. The van der Waals surface area contributed by atoms with Crippen LogP contribution in [0.25, 0.3) is 0 Å². The molecule has 2 fully saturated rings. The lowest BCUT2D eigenvalue weighted by molar-refractivity contribution is -0.159. The number of ether oxygens (including phenoxy) is 1. The molecule has 68 valence electrons. The predicted molar refractivity (Wildman–Crippen MR) is 41.2 cm³/mol. The summed E-state index contributed by atoms with van der Waals surface area (Å²) in [5.74, 6) is -0.0155. The number of amides is 1. The summed E-state index contributed by atoms with van der Waals surface area (Å²) in [6, 6.07) is 0. The highest BCUT2D eigenvalue weighted by Crippen LogP contribution is 2.21. The molecule has 0 aromatic rings. The van der Waals surface area contributed by atoms with Crippen LogP contribution in [0.4, 0.5) is 0 Å². The highest BCUT2D eigenvalue weighted by molar-refractivity contribution is 5.78. The van der Waals surface area contributed by atoms with Gasteiger partial charge in [0, 0.05) is 0 Å². The molecule has 4 nitrogen and oxygen atoms in total. The fourth-order valence-electron chi connectivity index (χ4n) is 1.10. The van der Waals surface area contributed by atoms with E-state index < -0.39 is 0 Å². The largest absolute Gasteiger partial charge is 0.380 e. The van der Waals surface area contributed by atoms with Crippen LogP contribution in [0.5, 0.6) is 0 Å². The molecule has 4 heteroatoms. The van der Waals surface area contributed by atoms with Crippen molar-refractivity contribution in [1.29, 1.82) is 0 Å². The van der Waals surface area contributed by atoms with Crippen molar-refractivity contribution in [1.82, 2.24) is 5.48 Å². The van der Waals surface area contributed by atoms with Gasteiger partial charge in [-0.2, -0.15) is 0 Å². The Labute approximate surface area is 71.2 Å². The summed E-state index contributed by atoms with van der Waals surface area (Å²) in [5.41, 5.74) is 2.47. The number of carbonyl (C=O) groups is 1. The van der Waals surface area contributed by atoms with Gasteiger partial charge in [-0.05, 0) is 19.3 Å². The number of hydrogen-bond donors (Lipinski definition) is 1. The topological polar surface area (TPSA) is 47.6 Å². The van der Waals surface area contributed by atoms with Crippen molar-refractivity contribution in [3.63, 3.8) is 0 Å². The van der Waals surface area contributed by atoms with E-state index in [0.717, 1.165) is 12.8 Å². The molecule has 0 atom stereocenters. The highest BCUT2D eigenvalue weighted by atomic mass is 16.7. The van der Waals surface area contributed by atoms with Crippen molar-refractivity contribution < 1.29 is 14.4 Å². The summed E-state index contributed by atoms with van der Waals surface area (Å²) < 4.78 is 4.89. The van der Waals surface area contributed by atoms with Gasteiger partial charge in [0.1, 0.15) is 0 Å². The summed E-state index contributed by atoms with van der Waals surface area (Å²) >= 11 is 0. The quantitative estimate of drug-likeness (QED) is 0.618. The Morgan fingerprint density at radius 3 is 2.58 bits per heavy atom. The zero-order chi connectivity index (χ0) is 8.39. The van der Waals surface area contributed by atoms with Crippen LogP contribution in [0, 0.1) is 5.92 Å². The average Bonchev–Trinajstić information content (AvgIpc) is 1.79. The highest BCUT2D eigenvalue weighted by Gasteiger charge is 2.28. The van der Waals surface area contributed by atoms with E-state index in [1.807, 2.05) is 0 Å². The van der Waals surface area contributed by atoms with Crippen LogP contribution < -0.4 is 5.48 Å². The Hall–Kier alpha value is -0.610. The van der Waals surface area contributed by atoms with Gasteiger partial charge in [0.25, 0.3) is 5.91 Å². The second kappa shape index (κ2) is 3.41. The van der Waals surface area contributed by atoms with Crippen molar-refractivity contribution in [2.45, 2.75) is 25.4 Å². The second-order valence-electron chi connectivity index (χ2n) is 3.37. The molecule has 12 heavy (non-hydrogen) atoms. The smallest absolute Gasteiger partial charge is 0.251 e. The van der Waals surface area contributed by atoms with E-state index >= 15 is 0 Å². The number of nitrogens with one attached hydrogen (secondary N) is 1. The molecule has 0 unspecified atom stereocenters. The maximum absolute atomic E-state index is 11.2. The van der Waals surface area contributed by atoms with E-state index in [0.29, 0.717) is 13.2 Å². The predicted octanol–water partition coefficient (Wildman–Crippen LogP) is 0.233. The molecule has 1 heterocycles. The van der Waals surface area contributed by atoms with E-state index in [9.17, 15) is 4.79 Å². The number of carbonyl (C=O) groups excluding carboxylic acids is 1. The van der Waals surface area contributed by atoms with Crippen LogP contribution in [-0.2, 0) is 14.4 Å². The fourth-order valence-corrected chi connectivity index (χ4v) is 1.10. The van der Waals surface area contributed by atoms with Gasteiger partial charge >= 0.3 is 0 Å². The minimum absolute atomic E-state index is 0.0186. The second-order valence-corrected chi connectivity index (χ2v) is 3.37. The summed E-state index contributed by atoms with van der Waals surface area (Å²) in [6.45, 7) is 1.08. The lowest BCUT2D eigenvalue weighted by atomic mass is 9.97. The van der Waals surface area contributed by atoms with Crippen molar-refractivity contribution in [2.24, 2.45) is 5.92 Å². The normalized spacial score (nSPS) is 24.3. The van der Waals surface area contributed by atoms with Crippen molar-refractivity contribution >= 4 is 5.91 Å². The van der Waals surface area contributed by atoms with E-state index in [2.05, 4.69) is 5.48 Å². The third kappa shape index (κ3) is 1.59. The van der Waals surface area contributed by atoms with Gasteiger partial charge < -0.3 is 4.74 Å². The van der Waals surface area contributed by atoms with Gasteiger partial charge in [0.15, 0.2) is 0 Å². The Morgan fingerprint density at radius 1 is 1.42 bits per heavy atom. The molecule has 1 aliphatic heterocycles. The molecular formula is C8H13NO3. The molecule has 2 rings (SSSR count). The first-order chi connectivity index (χ1) is 5.86. The third-order valence-corrected chi connectivity index (χ3v) is 2.39. The van der Waals surface area contributed by atoms with Crippen LogP contribution >= 0.6 is 0 Å². The van der Waals surface area contributed by atoms with Crippen LogP contribution in [0.15, 0.2) is 0 Å². The van der Waals surface area contributed by atoms with Gasteiger partial charge in [0.2, 0.25) is 0 Å². The molecule has 1 amide bonds. The van der Waals surface area contributed by atoms with E-state index in [4.69, 9.17) is 9.57 Å². The number of hydroxylamine groups is 1. The molecule has 0 spiro atoms. The molecule has 1 saturated heterocycles. The van der Waals surface area contributed by atoms with E-state index in [1.54, 1.807) is 0 Å². The first kappa shape index (κ1) is 8.01. The van der Waals surface area contributed by atoms with Crippen LogP contribution in [0.2, 0.25) is 0 Å². The van der Waals surface area contributed by atoms with Crippen LogP contribution in [0.1, 0.15) is 19.3 Å². The standard InChI is InChI=1S/C8H13NO3/c10-8(6-4-11-5-6)9-12-7-2-1-3-7/h6-7H,1-5H2,(H,9,10). The average molecular weight is 171 g/mol. The van der Waals surface area contributed by atoms with Crippen LogP contribution in [0.3, 0.4) is 0 Å². The molecule has 0 radical (unpaired) electrons. The minimum Gasteiger partial charge on any atom is -0.380 e. The van der Waals surface area contributed by atoms with E-state index in [1.165, 1.54) is 6.42 Å².